The second-order valence-electron chi connectivity index (χ2n) is 3.13. The summed E-state index contributed by atoms with van der Waals surface area (Å²) in [4.78, 5) is 3.65. The SMILES string of the molecule is O=S(=O)(c1cccc(F)c1)c1ccccn1. The van der Waals surface area contributed by atoms with Crippen LogP contribution in [0.3, 0.4) is 0 Å². The van der Waals surface area contributed by atoms with Crippen molar-refractivity contribution in [2.75, 3.05) is 0 Å². The van der Waals surface area contributed by atoms with E-state index in [-0.39, 0.29) is 9.92 Å². The van der Waals surface area contributed by atoms with Gasteiger partial charge in [-0.25, -0.2) is 17.8 Å². The minimum atomic E-state index is -3.71. The van der Waals surface area contributed by atoms with E-state index >= 15 is 0 Å². The van der Waals surface area contributed by atoms with E-state index in [0.717, 1.165) is 6.07 Å². The summed E-state index contributed by atoms with van der Waals surface area (Å²) < 4.78 is 36.8. The number of hydrogen-bond acceptors (Lipinski definition) is 3. The van der Waals surface area contributed by atoms with Crippen LogP contribution in [0.15, 0.2) is 58.6 Å². The molecule has 0 saturated heterocycles. The van der Waals surface area contributed by atoms with Gasteiger partial charge >= 0.3 is 0 Å². The number of hydrogen-bond donors (Lipinski definition) is 0. The summed E-state index contributed by atoms with van der Waals surface area (Å²) >= 11 is 0. The number of sulfone groups is 1. The first-order valence-corrected chi connectivity index (χ1v) is 6.01. The zero-order chi connectivity index (χ0) is 11.6. The summed E-state index contributed by atoms with van der Waals surface area (Å²) in [6.45, 7) is 0. The van der Waals surface area contributed by atoms with Gasteiger partial charge in [0.2, 0.25) is 9.84 Å². The van der Waals surface area contributed by atoms with Crippen molar-refractivity contribution >= 4 is 9.84 Å². The number of nitrogens with zero attached hydrogens (tertiary/aromatic N) is 1. The number of rotatable bonds is 2. The van der Waals surface area contributed by atoms with Gasteiger partial charge in [-0.2, -0.15) is 0 Å². The van der Waals surface area contributed by atoms with Crippen LogP contribution < -0.4 is 0 Å². The number of pyridine rings is 1. The van der Waals surface area contributed by atoms with Crippen LogP contribution in [0.4, 0.5) is 4.39 Å². The molecular formula is C11H8FNO2S. The van der Waals surface area contributed by atoms with E-state index in [2.05, 4.69) is 4.98 Å². The zero-order valence-corrected chi connectivity index (χ0v) is 8.99. The van der Waals surface area contributed by atoms with Gasteiger partial charge in [0.15, 0.2) is 5.03 Å². The molecule has 0 unspecified atom stereocenters. The summed E-state index contributed by atoms with van der Waals surface area (Å²) in [6.07, 6.45) is 1.38. The Hall–Kier alpha value is -1.75. The van der Waals surface area contributed by atoms with E-state index in [1.165, 1.54) is 30.5 Å². The van der Waals surface area contributed by atoms with Gasteiger partial charge in [0.05, 0.1) is 4.90 Å². The Bertz CT molecular complexity index is 596. The molecule has 1 aromatic carbocycles. The minimum Gasteiger partial charge on any atom is -0.244 e. The smallest absolute Gasteiger partial charge is 0.223 e. The first-order valence-electron chi connectivity index (χ1n) is 4.52. The number of benzene rings is 1. The van der Waals surface area contributed by atoms with Crippen LogP contribution in [0, 0.1) is 5.82 Å². The number of aromatic nitrogens is 1. The summed E-state index contributed by atoms with van der Waals surface area (Å²) in [5.41, 5.74) is 0. The highest BCUT2D eigenvalue weighted by atomic mass is 32.2. The van der Waals surface area contributed by atoms with Gasteiger partial charge in [0.25, 0.3) is 0 Å². The lowest BCUT2D eigenvalue weighted by Crippen LogP contribution is -2.04. The summed E-state index contributed by atoms with van der Waals surface area (Å²) in [5, 5.41) is -0.0828. The Morgan fingerprint density at radius 3 is 2.50 bits per heavy atom. The molecule has 82 valence electrons. The molecular weight excluding hydrogens is 229 g/mol. The highest BCUT2D eigenvalue weighted by molar-refractivity contribution is 7.91. The molecule has 0 saturated carbocycles. The van der Waals surface area contributed by atoms with E-state index < -0.39 is 15.7 Å². The highest BCUT2D eigenvalue weighted by Gasteiger charge is 2.18. The van der Waals surface area contributed by atoms with Gasteiger partial charge < -0.3 is 0 Å². The molecule has 0 amide bonds. The van der Waals surface area contributed by atoms with Gasteiger partial charge in [-0.1, -0.05) is 12.1 Å². The van der Waals surface area contributed by atoms with Gasteiger partial charge in [-0.15, -0.1) is 0 Å². The Morgan fingerprint density at radius 2 is 1.88 bits per heavy atom. The van der Waals surface area contributed by atoms with Crippen LogP contribution in [0.25, 0.3) is 0 Å². The maximum absolute atomic E-state index is 12.9. The second kappa shape index (κ2) is 4.02. The summed E-state index contributed by atoms with van der Waals surface area (Å²) in [6, 6.07) is 9.42. The van der Waals surface area contributed by atoms with Crippen molar-refractivity contribution in [1.82, 2.24) is 4.98 Å². The molecule has 16 heavy (non-hydrogen) atoms. The van der Waals surface area contributed by atoms with Crippen LogP contribution in [0.5, 0.6) is 0 Å². The van der Waals surface area contributed by atoms with Crippen LogP contribution in [-0.2, 0) is 9.84 Å². The lowest BCUT2D eigenvalue weighted by molar-refractivity contribution is 0.587. The number of halogens is 1. The molecule has 0 aliphatic heterocycles. The van der Waals surface area contributed by atoms with Gasteiger partial charge in [-0.3, -0.25) is 0 Å². The fourth-order valence-electron chi connectivity index (χ4n) is 1.26. The molecule has 1 aromatic heterocycles. The predicted octanol–water partition coefficient (Wildman–Crippen LogP) is 2.05. The van der Waals surface area contributed by atoms with Crippen molar-refractivity contribution in [2.24, 2.45) is 0 Å². The van der Waals surface area contributed by atoms with Gasteiger partial charge in [0.1, 0.15) is 5.82 Å². The van der Waals surface area contributed by atoms with Gasteiger partial charge in [-0.05, 0) is 30.3 Å². The standard InChI is InChI=1S/C11H8FNO2S/c12-9-4-3-5-10(8-9)16(14,15)11-6-1-2-7-13-11/h1-8H. The van der Waals surface area contributed by atoms with Crippen molar-refractivity contribution in [3.63, 3.8) is 0 Å². The van der Waals surface area contributed by atoms with Crippen molar-refractivity contribution < 1.29 is 12.8 Å². The third kappa shape index (κ3) is 1.94. The van der Waals surface area contributed by atoms with Crippen LogP contribution in [0.1, 0.15) is 0 Å². The monoisotopic (exact) mass is 237 g/mol. The maximum Gasteiger partial charge on any atom is 0.223 e. The van der Waals surface area contributed by atoms with Crippen molar-refractivity contribution in [1.29, 1.82) is 0 Å². The molecule has 0 aliphatic rings. The lowest BCUT2D eigenvalue weighted by atomic mass is 10.4. The highest BCUT2D eigenvalue weighted by Crippen LogP contribution is 2.18. The molecule has 0 N–H and O–H groups in total. The summed E-state index contributed by atoms with van der Waals surface area (Å²) in [7, 11) is -3.71. The molecule has 0 spiro atoms. The quantitative estimate of drug-likeness (QED) is 0.803. The molecule has 0 bridgehead atoms. The largest absolute Gasteiger partial charge is 0.244 e. The zero-order valence-electron chi connectivity index (χ0n) is 8.17. The fourth-order valence-corrected chi connectivity index (χ4v) is 2.49. The molecule has 2 rings (SSSR count). The second-order valence-corrected chi connectivity index (χ2v) is 5.03. The normalized spacial score (nSPS) is 11.3. The molecule has 0 fully saturated rings. The Labute approximate surface area is 92.5 Å². The summed E-state index contributed by atoms with van der Waals surface area (Å²) in [5.74, 6) is -0.586. The Balaban J connectivity index is 2.56. The van der Waals surface area contributed by atoms with E-state index in [4.69, 9.17) is 0 Å². The third-order valence-electron chi connectivity index (χ3n) is 2.02. The average molecular weight is 237 g/mol. The van der Waals surface area contributed by atoms with Crippen molar-refractivity contribution in [3.8, 4) is 0 Å². The van der Waals surface area contributed by atoms with E-state index in [1.807, 2.05) is 0 Å². The van der Waals surface area contributed by atoms with Gasteiger partial charge in [0, 0.05) is 6.20 Å². The van der Waals surface area contributed by atoms with Crippen LogP contribution in [0.2, 0.25) is 0 Å². The molecule has 0 aliphatic carbocycles. The molecule has 2 aromatic rings. The predicted molar refractivity (Wildman–Crippen MR) is 56.1 cm³/mol. The Kier molecular flexibility index (Phi) is 2.70. The first kappa shape index (κ1) is 10.8. The molecule has 0 atom stereocenters. The third-order valence-corrected chi connectivity index (χ3v) is 3.69. The first-order chi connectivity index (χ1) is 7.60. The maximum atomic E-state index is 12.9. The average Bonchev–Trinajstić information content (AvgIpc) is 2.30. The van der Waals surface area contributed by atoms with E-state index in [1.54, 1.807) is 12.1 Å². The Morgan fingerprint density at radius 1 is 1.06 bits per heavy atom. The molecule has 0 radical (unpaired) electrons. The van der Waals surface area contributed by atoms with Crippen LogP contribution >= 0.6 is 0 Å². The molecule has 5 heteroatoms. The van der Waals surface area contributed by atoms with E-state index in [9.17, 15) is 12.8 Å². The minimum absolute atomic E-state index is 0.0828. The van der Waals surface area contributed by atoms with Crippen molar-refractivity contribution in [3.05, 3.63) is 54.5 Å². The lowest BCUT2D eigenvalue weighted by Gasteiger charge is -2.02. The van der Waals surface area contributed by atoms with Crippen molar-refractivity contribution in [2.45, 2.75) is 9.92 Å². The molecule has 3 nitrogen and oxygen atoms in total. The fraction of sp³-hybridized carbons (Fsp3) is 0. The van der Waals surface area contributed by atoms with Crippen LogP contribution in [-0.4, -0.2) is 13.4 Å². The van der Waals surface area contributed by atoms with E-state index in [0.29, 0.717) is 0 Å². The molecule has 1 heterocycles. The topological polar surface area (TPSA) is 47.0 Å².